The lowest BCUT2D eigenvalue weighted by Gasteiger charge is -2.31. The van der Waals surface area contributed by atoms with E-state index in [0.717, 1.165) is 47.4 Å². The van der Waals surface area contributed by atoms with Crippen LogP contribution in [0.4, 0.5) is 5.69 Å². The van der Waals surface area contributed by atoms with Crippen LogP contribution < -0.4 is 9.64 Å². The maximum atomic E-state index is 13.1. The number of hydrogen-bond acceptors (Lipinski definition) is 4. The lowest BCUT2D eigenvalue weighted by atomic mass is 10.0. The SMILES string of the molecule is C[C@H](Oc1ccc(-c2cnc3ccccc3n2)cc1)C(=O)N1CCCc2ccccc21. The van der Waals surface area contributed by atoms with E-state index in [1.807, 2.05) is 78.6 Å². The Balaban J connectivity index is 1.31. The van der Waals surface area contributed by atoms with Crippen LogP contribution in [0.5, 0.6) is 5.75 Å². The molecule has 0 radical (unpaired) electrons. The summed E-state index contributed by atoms with van der Waals surface area (Å²) >= 11 is 0. The molecule has 3 aromatic carbocycles. The van der Waals surface area contributed by atoms with Crippen molar-refractivity contribution in [3.63, 3.8) is 0 Å². The van der Waals surface area contributed by atoms with Crippen molar-refractivity contribution < 1.29 is 9.53 Å². The first-order valence-corrected chi connectivity index (χ1v) is 10.6. The van der Waals surface area contributed by atoms with Gasteiger partial charge in [-0.25, -0.2) is 4.98 Å². The smallest absolute Gasteiger partial charge is 0.267 e. The number of aromatic nitrogens is 2. The van der Waals surface area contributed by atoms with E-state index in [-0.39, 0.29) is 5.91 Å². The summed E-state index contributed by atoms with van der Waals surface area (Å²) in [6.07, 6.45) is 3.18. The van der Waals surface area contributed by atoms with Crippen molar-refractivity contribution in [1.82, 2.24) is 9.97 Å². The van der Waals surface area contributed by atoms with Gasteiger partial charge in [-0.3, -0.25) is 9.78 Å². The molecule has 0 aliphatic carbocycles. The first-order valence-electron chi connectivity index (χ1n) is 10.6. The second-order valence-electron chi connectivity index (χ2n) is 7.75. The van der Waals surface area contributed by atoms with Crippen molar-refractivity contribution in [2.75, 3.05) is 11.4 Å². The summed E-state index contributed by atoms with van der Waals surface area (Å²) in [7, 11) is 0. The Bertz CT molecular complexity index is 1240. The molecule has 0 unspecified atom stereocenters. The standard InChI is InChI=1S/C26H23N3O2/c1-18(26(30)29-16-6-8-20-7-2-5-11-25(20)29)31-21-14-12-19(13-15-21)24-17-27-22-9-3-4-10-23(22)28-24/h2-5,7,9-15,17-18H,6,8,16H2,1H3/t18-/m0/s1. The number of ether oxygens (including phenoxy) is 1. The number of hydrogen-bond donors (Lipinski definition) is 0. The normalized spacial score (nSPS) is 14.2. The summed E-state index contributed by atoms with van der Waals surface area (Å²) in [5.74, 6) is 0.639. The summed E-state index contributed by atoms with van der Waals surface area (Å²) in [6, 6.07) is 23.6. The summed E-state index contributed by atoms with van der Waals surface area (Å²) in [5, 5.41) is 0. The Morgan fingerprint density at radius 3 is 2.55 bits per heavy atom. The number of carbonyl (C=O) groups is 1. The van der Waals surface area contributed by atoms with Crippen LogP contribution in [0.3, 0.4) is 0 Å². The Morgan fingerprint density at radius 1 is 0.968 bits per heavy atom. The van der Waals surface area contributed by atoms with Gasteiger partial charge in [0.15, 0.2) is 6.10 Å². The summed E-state index contributed by atoms with van der Waals surface area (Å²) in [4.78, 5) is 24.1. The van der Waals surface area contributed by atoms with Gasteiger partial charge in [0.2, 0.25) is 0 Å². The van der Waals surface area contributed by atoms with Gasteiger partial charge in [-0.15, -0.1) is 0 Å². The average Bonchev–Trinajstić information content (AvgIpc) is 2.83. The van der Waals surface area contributed by atoms with E-state index < -0.39 is 6.10 Å². The van der Waals surface area contributed by atoms with Crippen LogP contribution in [-0.2, 0) is 11.2 Å². The van der Waals surface area contributed by atoms with Crippen LogP contribution in [-0.4, -0.2) is 28.5 Å². The lowest BCUT2D eigenvalue weighted by Crippen LogP contribution is -2.43. The zero-order valence-corrected chi connectivity index (χ0v) is 17.4. The third-order valence-electron chi connectivity index (χ3n) is 5.64. The van der Waals surface area contributed by atoms with Crippen LogP contribution in [0.25, 0.3) is 22.3 Å². The first-order chi connectivity index (χ1) is 15.2. The van der Waals surface area contributed by atoms with E-state index >= 15 is 0 Å². The van der Waals surface area contributed by atoms with Crippen LogP contribution in [0.15, 0.2) is 79.0 Å². The van der Waals surface area contributed by atoms with Gasteiger partial charge in [0.05, 0.1) is 22.9 Å². The molecule has 0 bridgehead atoms. The minimum absolute atomic E-state index is 0.0170. The highest BCUT2D eigenvalue weighted by molar-refractivity contribution is 5.97. The van der Waals surface area contributed by atoms with Crippen molar-refractivity contribution in [1.29, 1.82) is 0 Å². The molecule has 31 heavy (non-hydrogen) atoms. The van der Waals surface area contributed by atoms with Gasteiger partial charge >= 0.3 is 0 Å². The quantitative estimate of drug-likeness (QED) is 0.474. The summed E-state index contributed by atoms with van der Waals surface area (Å²) in [6.45, 7) is 2.53. The zero-order valence-electron chi connectivity index (χ0n) is 17.4. The number of amides is 1. The molecule has 0 saturated carbocycles. The number of anilines is 1. The molecule has 0 spiro atoms. The van der Waals surface area contributed by atoms with Gasteiger partial charge < -0.3 is 9.64 Å². The van der Waals surface area contributed by atoms with E-state index in [1.54, 1.807) is 6.20 Å². The number of rotatable bonds is 4. The molecular weight excluding hydrogens is 386 g/mol. The molecule has 1 atom stereocenters. The van der Waals surface area contributed by atoms with Crippen molar-refractivity contribution >= 4 is 22.6 Å². The Kier molecular flexibility index (Phi) is 5.08. The highest BCUT2D eigenvalue weighted by Crippen LogP contribution is 2.28. The minimum atomic E-state index is -0.572. The number of aryl methyl sites for hydroxylation is 1. The van der Waals surface area contributed by atoms with E-state index in [0.29, 0.717) is 5.75 Å². The number of fused-ring (bicyclic) bond motifs is 2. The maximum absolute atomic E-state index is 13.1. The third-order valence-corrected chi connectivity index (χ3v) is 5.64. The topological polar surface area (TPSA) is 55.3 Å². The van der Waals surface area contributed by atoms with Crippen LogP contribution in [0.1, 0.15) is 18.9 Å². The van der Waals surface area contributed by atoms with E-state index in [4.69, 9.17) is 4.74 Å². The molecule has 0 saturated heterocycles. The number of carbonyl (C=O) groups excluding carboxylic acids is 1. The predicted molar refractivity (Wildman–Crippen MR) is 122 cm³/mol. The molecule has 4 aromatic rings. The Labute approximate surface area is 181 Å². The van der Waals surface area contributed by atoms with Gasteiger partial charge in [0, 0.05) is 17.8 Å². The predicted octanol–water partition coefficient (Wildman–Crippen LogP) is 5.04. The first kappa shape index (κ1) is 19.2. The molecular formula is C26H23N3O2. The molecule has 5 nitrogen and oxygen atoms in total. The van der Waals surface area contributed by atoms with Gasteiger partial charge in [0.25, 0.3) is 5.91 Å². The molecule has 1 aromatic heterocycles. The maximum Gasteiger partial charge on any atom is 0.267 e. The largest absolute Gasteiger partial charge is 0.481 e. The molecule has 0 fully saturated rings. The van der Waals surface area contributed by atoms with Crippen molar-refractivity contribution in [3.05, 3.63) is 84.6 Å². The zero-order chi connectivity index (χ0) is 21.2. The summed E-state index contributed by atoms with van der Waals surface area (Å²) in [5.41, 5.74) is 5.71. The highest BCUT2D eigenvalue weighted by Gasteiger charge is 2.27. The molecule has 0 N–H and O–H groups in total. The summed E-state index contributed by atoms with van der Waals surface area (Å²) < 4.78 is 5.98. The van der Waals surface area contributed by atoms with E-state index in [2.05, 4.69) is 16.0 Å². The van der Waals surface area contributed by atoms with Gasteiger partial charge in [-0.05, 0) is 67.8 Å². The Morgan fingerprint density at radius 2 is 1.71 bits per heavy atom. The molecule has 1 amide bonds. The third kappa shape index (κ3) is 3.87. The van der Waals surface area contributed by atoms with Crippen molar-refractivity contribution in [2.45, 2.75) is 25.9 Å². The molecule has 5 rings (SSSR count). The van der Waals surface area contributed by atoms with Crippen LogP contribution >= 0.6 is 0 Å². The number of nitrogens with zero attached hydrogens (tertiary/aromatic N) is 3. The van der Waals surface area contributed by atoms with Crippen molar-refractivity contribution in [3.8, 4) is 17.0 Å². The number of para-hydroxylation sites is 3. The lowest BCUT2D eigenvalue weighted by molar-refractivity contribution is -0.124. The fourth-order valence-electron chi connectivity index (χ4n) is 4.04. The number of benzene rings is 3. The van der Waals surface area contributed by atoms with E-state index in [1.165, 1.54) is 5.56 Å². The average molecular weight is 409 g/mol. The fraction of sp³-hybridized carbons (Fsp3) is 0.192. The highest BCUT2D eigenvalue weighted by atomic mass is 16.5. The van der Waals surface area contributed by atoms with Crippen LogP contribution in [0, 0.1) is 0 Å². The fourth-order valence-corrected chi connectivity index (χ4v) is 4.04. The Hall–Kier alpha value is -3.73. The monoisotopic (exact) mass is 409 g/mol. The van der Waals surface area contributed by atoms with Crippen molar-refractivity contribution in [2.24, 2.45) is 0 Å². The minimum Gasteiger partial charge on any atom is -0.481 e. The van der Waals surface area contributed by atoms with Gasteiger partial charge in [0.1, 0.15) is 5.75 Å². The molecule has 154 valence electrons. The molecule has 1 aliphatic heterocycles. The second-order valence-corrected chi connectivity index (χ2v) is 7.75. The van der Waals surface area contributed by atoms with Gasteiger partial charge in [-0.2, -0.15) is 0 Å². The molecule has 2 heterocycles. The molecule has 1 aliphatic rings. The van der Waals surface area contributed by atoms with Crippen LogP contribution in [0.2, 0.25) is 0 Å². The second kappa shape index (κ2) is 8.19. The van der Waals surface area contributed by atoms with Gasteiger partial charge in [-0.1, -0.05) is 30.3 Å². The molecule has 5 heteroatoms. The van der Waals surface area contributed by atoms with E-state index in [9.17, 15) is 4.79 Å².